The van der Waals surface area contributed by atoms with Gasteiger partial charge in [-0.1, -0.05) is 23.2 Å². The molecule has 0 spiro atoms. The minimum absolute atomic E-state index is 0.567. The van der Waals surface area contributed by atoms with Crippen LogP contribution in [0.25, 0.3) is 11.4 Å². The Kier molecular flexibility index (Phi) is 2.51. The molecule has 0 amide bonds. The van der Waals surface area contributed by atoms with Crippen LogP contribution >= 0.6 is 0 Å². The maximum absolute atomic E-state index is 4.92. The van der Waals surface area contributed by atoms with Gasteiger partial charge in [-0.25, -0.2) is 0 Å². The molecule has 0 saturated heterocycles. The molecule has 15 heavy (non-hydrogen) atoms. The van der Waals surface area contributed by atoms with Crippen molar-refractivity contribution in [2.45, 2.75) is 13.8 Å². The number of nitrogens with zero attached hydrogens (tertiary/aromatic N) is 2. The summed E-state index contributed by atoms with van der Waals surface area (Å²) < 4.78 is 4.92. The number of hydrogen-bond acceptors (Lipinski definition) is 3. The van der Waals surface area contributed by atoms with Crippen LogP contribution in [0.5, 0.6) is 0 Å². The van der Waals surface area contributed by atoms with Gasteiger partial charge >= 0.3 is 0 Å². The van der Waals surface area contributed by atoms with E-state index in [1.54, 1.807) is 6.92 Å². The Bertz CT molecular complexity index is 532. The summed E-state index contributed by atoms with van der Waals surface area (Å²) in [6, 6.07) is 7.76. The molecule has 0 bridgehead atoms. The van der Waals surface area contributed by atoms with Gasteiger partial charge in [0.05, 0.1) is 0 Å². The fourth-order valence-corrected chi connectivity index (χ4v) is 1.30. The van der Waals surface area contributed by atoms with E-state index >= 15 is 0 Å². The van der Waals surface area contributed by atoms with Crippen LogP contribution in [-0.4, -0.2) is 10.1 Å². The van der Waals surface area contributed by atoms with Crippen LogP contribution in [-0.2, 0) is 0 Å². The van der Waals surface area contributed by atoms with Gasteiger partial charge in [0.2, 0.25) is 11.7 Å². The van der Waals surface area contributed by atoms with Crippen LogP contribution in [0.3, 0.4) is 0 Å². The Morgan fingerprint density at radius 3 is 2.87 bits per heavy atom. The van der Waals surface area contributed by atoms with Gasteiger partial charge in [0, 0.05) is 18.1 Å². The number of benzene rings is 1. The molecule has 3 nitrogen and oxygen atoms in total. The van der Waals surface area contributed by atoms with Crippen LogP contribution in [0.4, 0.5) is 0 Å². The first kappa shape index (κ1) is 9.47. The maximum atomic E-state index is 4.92. The highest BCUT2D eigenvalue weighted by Gasteiger charge is 2.04. The maximum Gasteiger partial charge on any atom is 0.223 e. The SMILES string of the molecule is CC#Cc1cccc(-c2noc(C)n2)c1. The molecule has 0 aliphatic carbocycles. The van der Waals surface area contributed by atoms with Gasteiger partial charge in [-0.3, -0.25) is 0 Å². The molecule has 0 aliphatic heterocycles. The molecule has 1 heterocycles. The molecular weight excluding hydrogens is 188 g/mol. The molecule has 0 unspecified atom stereocenters. The lowest BCUT2D eigenvalue weighted by Gasteiger charge is -1.94. The van der Waals surface area contributed by atoms with Gasteiger partial charge in [0.25, 0.3) is 0 Å². The molecule has 0 atom stereocenters. The first-order chi connectivity index (χ1) is 7.29. The largest absolute Gasteiger partial charge is 0.339 e. The Morgan fingerprint density at radius 2 is 2.20 bits per heavy atom. The van der Waals surface area contributed by atoms with Crippen molar-refractivity contribution >= 4 is 0 Å². The monoisotopic (exact) mass is 198 g/mol. The molecule has 74 valence electrons. The Balaban J connectivity index is 2.43. The summed E-state index contributed by atoms with van der Waals surface area (Å²) in [6.07, 6.45) is 0. The lowest BCUT2D eigenvalue weighted by molar-refractivity contribution is 0.394. The minimum Gasteiger partial charge on any atom is -0.339 e. The Labute approximate surface area is 88.1 Å². The fourth-order valence-electron chi connectivity index (χ4n) is 1.30. The molecule has 0 radical (unpaired) electrons. The van der Waals surface area contributed by atoms with Crippen molar-refractivity contribution < 1.29 is 4.52 Å². The van der Waals surface area contributed by atoms with Crippen molar-refractivity contribution in [3.63, 3.8) is 0 Å². The highest BCUT2D eigenvalue weighted by Crippen LogP contribution is 2.16. The van der Waals surface area contributed by atoms with E-state index in [0.29, 0.717) is 11.7 Å². The average molecular weight is 198 g/mol. The van der Waals surface area contributed by atoms with Gasteiger partial charge in [-0.05, 0) is 19.1 Å². The molecule has 1 aromatic heterocycles. The third-order valence-corrected chi connectivity index (χ3v) is 1.92. The van der Waals surface area contributed by atoms with E-state index in [9.17, 15) is 0 Å². The van der Waals surface area contributed by atoms with E-state index in [1.165, 1.54) is 0 Å². The minimum atomic E-state index is 0.567. The van der Waals surface area contributed by atoms with E-state index in [4.69, 9.17) is 4.52 Å². The predicted octanol–water partition coefficient (Wildman–Crippen LogP) is 2.42. The zero-order chi connectivity index (χ0) is 10.7. The molecule has 0 N–H and O–H groups in total. The predicted molar refractivity (Wildman–Crippen MR) is 57.0 cm³/mol. The van der Waals surface area contributed by atoms with E-state index in [2.05, 4.69) is 22.0 Å². The molecule has 3 heteroatoms. The van der Waals surface area contributed by atoms with Gasteiger partial charge < -0.3 is 4.52 Å². The van der Waals surface area contributed by atoms with Crippen molar-refractivity contribution in [3.8, 4) is 23.2 Å². The van der Waals surface area contributed by atoms with E-state index in [0.717, 1.165) is 11.1 Å². The summed E-state index contributed by atoms with van der Waals surface area (Å²) in [6.45, 7) is 3.58. The van der Waals surface area contributed by atoms with Crippen molar-refractivity contribution in [2.75, 3.05) is 0 Å². The lowest BCUT2D eigenvalue weighted by atomic mass is 10.1. The molecule has 1 aromatic carbocycles. The first-order valence-electron chi connectivity index (χ1n) is 4.63. The smallest absolute Gasteiger partial charge is 0.223 e. The van der Waals surface area contributed by atoms with Crippen molar-refractivity contribution in [1.82, 2.24) is 10.1 Å². The summed E-state index contributed by atoms with van der Waals surface area (Å²) in [4.78, 5) is 4.16. The van der Waals surface area contributed by atoms with Crippen LogP contribution in [0.15, 0.2) is 28.8 Å². The summed E-state index contributed by atoms with van der Waals surface area (Å²) >= 11 is 0. The van der Waals surface area contributed by atoms with Crippen molar-refractivity contribution in [2.24, 2.45) is 0 Å². The first-order valence-corrected chi connectivity index (χ1v) is 4.63. The zero-order valence-corrected chi connectivity index (χ0v) is 8.61. The molecular formula is C12H10N2O. The van der Waals surface area contributed by atoms with Gasteiger partial charge in [0.15, 0.2) is 0 Å². The normalized spacial score (nSPS) is 9.47. The van der Waals surface area contributed by atoms with E-state index < -0.39 is 0 Å². The molecule has 0 aliphatic rings. The molecule has 0 saturated carbocycles. The standard InChI is InChI=1S/C12H10N2O/c1-3-5-10-6-4-7-11(8-10)12-13-9(2)15-14-12/h4,6-8H,1-2H3. The Hall–Kier alpha value is -2.08. The number of aromatic nitrogens is 2. The Morgan fingerprint density at radius 1 is 1.33 bits per heavy atom. The van der Waals surface area contributed by atoms with Gasteiger partial charge in [0.1, 0.15) is 0 Å². The fraction of sp³-hybridized carbons (Fsp3) is 0.167. The van der Waals surface area contributed by atoms with Crippen LogP contribution in [0, 0.1) is 18.8 Å². The highest BCUT2D eigenvalue weighted by atomic mass is 16.5. The summed E-state index contributed by atoms with van der Waals surface area (Å²) in [5.41, 5.74) is 1.88. The van der Waals surface area contributed by atoms with Gasteiger partial charge in [-0.2, -0.15) is 4.98 Å². The molecule has 2 aromatic rings. The zero-order valence-electron chi connectivity index (χ0n) is 8.61. The number of aryl methyl sites for hydroxylation is 1. The topological polar surface area (TPSA) is 38.9 Å². The quantitative estimate of drug-likeness (QED) is 0.660. The van der Waals surface area contributed by atoms with Crippen molar-refractivity contribution in [3.05, 3.63) is 35.7 Å². The number of rotatable bonds is 1. The van der Waals surface area contributed by atoms with Crippen LogP contribution in [0.1, 0.15) is 18.4 Å². The second-order valence-electron chi connectivity index (χ2n) is 3.09. The summed E-state index contributed by atoms with van der Waals surface area (Å²) in [7, 11) is 0. The summed E-state index contributed by atoms with van der Waals surface area (Å²) in [5.74, 6) is 7.01. The third kappa shape index (κ3) is 2.05. The third-order valence-electron chi connectivity index (χ3n) is 1.92. The molecule has 0 fully saturated rings. The second-order valence-corrected chi connectivity index (χ2v) is 3.09. The van der Waals surface area contributed by atoms with Gasteiger partial charge in [-0.15, -0.1) is 5.92 Å². The van der Waals surface area contributed by atoms with Crippen LogP contribution < -0.4 is 0 Å². The highest BCUT2D eigenvalue weighted by molar-refractivity contribution is 5.57. The average Bonchev–Trinajstić information content (AvgIpc) is 2.66. The summed E-state index contributed by atoms with van der Waals surface area (Å²) in [5, 5.41) is 3.85. The molecule has 2 rings (SSSR count). The lowest BCUT2D eigenvalue weighted by Crippen LogP contribution is -1.82. The van der Waals surface area contributed by atoms with Crippen LogP contribution in [0.2, 0.25) is 0 Å². The van der Waals surface area contributed by atoms with E-state index in [1.807, 2.05) is 31.2 Å². The van der Waals surface area contributed by atoms with E-state index in [-0.39, 0.29) is 0 Å². The van der Waals surface area contributed by atoms with Crippen molar-refractivity contribution in [1.29, 1.82) is 0 Å². The second kappa shape index (κ2) is 3.97. The number of hydrogen-bond donors (Lipinski definition) is 0.